The third-order valence-corrected chi connectivity index (χ3v) is 4.10. The van der Waals surface area contributed by atoms with Gasteiger partial charge in [-0.15, -0.1) is 11.3 Å². The number of aromatic nitrogens is 1. The second-order valence-electron chi connectivity index (χ2n) is 4.92. The summed E-state index contributed by atoms with van der Waals surface area (Å²) in [4.78, 5) is 19.2. The summed E-state index contributed by atoms with van der Waals surface area (Å²) in [6.07, 6.45) is 3.46. The average molecular weight is 304 g/mol. The maximum Gasteiger partial charge on any atom is 0.315 e. The van der Waals surface area contributed by atoms with Gasteiger partial charge in [-0.25, -0.2) is 4.79 Å². The summed E-state index contributed by atoms with van der Waals surface area (Å²) in [5.41, 5.74) is 0.982. The van der Waals surface area contributed by atoms with Gasteiger partial charge in [-0.05, 0) is 37.2 Å². The van der Waals surface area contributed by atoms with E-state index >= 15 is 0 Å². The summed E-state index contributed by atoms with van der Waals surface area (Å²) in [5.74, 6) is 0. The highest BCUT2D eigenvalue weighted by Crippen LogP contribution is 2.22. The van der Waals surface area contributed by atoms with E-state index in [2.05, 4.69) is 26.6 Å². The molecule has 1 atom stereocenters. The molecular formula is C15H20N4OS. The van der Waals surface area contributed by atoms with Crippen molar-refractivity contribution in [3.05, 3.63) is 52.5 Å². The van der Waals surface area contributed by atoms with Crippen LogP contribution in [0.5, 0.6) is 0 Å². The van der Waals surface area contributed by atoms with Crippen molar-refractivity contribution in [1.29, 1.82) is 0 Å². The largest absolute Gasteiger partial charge is 0.336 e. The first-order chi connectivity index (χ1) is 10.2. The Hall–Kier alpha value is -1.92. The number of carbonyl (C=O) groups is 1. The number of thiophene rings is 1. The van der Waals surface area contributed by atoms with Crippen LogP contribution in [-0.2, 0) is 6.54 Å². The van der Waals surface area contributed by atoms with Gasteiger partial charge in [-0.1, -0.05) is 12.1 Å². The van der Waals surface area contributed by atoms with E-state index in [1.165, 1.54) is 4.88 Å². The number of rotatable bonds is 6. The maximum atomic E-state index is 11.9. The van der Waals surface area contributed by atoms with Crippen LogP contribution in [0.15, 0.2) is 42.0 Å². The zero-order valence-electron chi connectivity index (χ0n) is 12.2. The quantitative estimate of drug-likeness (QED) is 0.860. The number of likely N-dealkylation sites (N-methyl/N-ethyl adjacent to an activating group) is 1. The van der Waals surface area contributed by atoms with E-state index in [-0.39, 0.29) is 12.1 Å². The summed E-state index contributed by atoms with van der Waals surface area (Å²) in [6.45, 7) is 1.05. The molecule has 2 heterocycles. The molecule has 0 radical (unpaired) electrons. The molecule has 0 fully saturated rings. The third kappa shape index (κ3) is 4.84. The number of carbonyl (C=O) groups excluding carboxylic acids is 1. The highest BCUT2D eigenvalue weighted by molar-refractivity contribution is 7.10. The van der Waals surface area contributed by atoms with Crippen molar-refractivity contribution in [2.24, 2.45) is 0 Å². The molecule has 5 nitrogen and oxygen atoms in total. The van der Waals surface area contributed by atoms with Gasteiger partial charge in [0.15, 0.2) is 0 Å². The van der Waals surface area contributed by atoms with Crippen molar-refractivity contribution >= 4 is 17.4 Å². The van der Waals surface area contributed by atoms with Crippen molar-refractivity contribution in [2.75, 3.05) is 20.6 Å². The standard InChI is InChI=1S/C15H20N4OS/c1-19(2)13(14-6-4-8-21-14)11-18-15(20)17-10-12-5-3-7-16-9-12/h3-9,13H,10-11H2,1-2H3,(H2,17,18,20)/t13-/m0/s1. The molecule has 0 saturated carbocycles. The molecule has 0 spiro atoms. The lowest BCUT2D eigenvalue weighted by Crippen LogP contribution is -2.40. The van der Waals surface area contributed by atoms with Crippen LogP contribution in [-0.4, -0.2) is 36.6 Å². The van der Waals surface area contributed by atoms with E-state index in [0.29, 0.717) is 13.1 Å². The summed E-state index contributed by atoms with van der Waals surface area (Å²) >= 11 is 1.70. The molecule has 2 amide bonds. The Morgan fingerprint density at radius 3 is 2.81 bits per heavy atom. The van der Waals surface area contributed by atoms with Gasteiger partial charge in [0.2, 0.25) is 0 Å². The van der Waals surface area contributed by atoms with Crippen LogP contribution >= 0.6 is 11.3 Å². The van der Waals surface area contributed by atoms with E-state index < -0.39 is 0 Å². The van der Waals surface area contributed by atoms with E-state index in [1.807, 2.05) is 37.7 Å². The Labute approximate surface area is 129 Å². The molecule has 0 saturated heterocycles. The van der Waals surface area contributed by atoms with Crippen LogP contribution in [0.2, 0.25) is 0 Å². The fraction of sp³-hybridized carbons (Fsp3) is 0.333. The van der Waals surface area contributed by atoms with E-state index in [0.717, 1.165) is 5.56 Å². The highest BCUT2D eigenvalue weighted by Gasteiger charge is 2.15. The van der Waals surface area contributed by atoms with Gasteiger partial charge in [0.25, 0.3) is 0 Å². The number of nitrogens with zero attached hydrogens (tertiary/aromatic N) is 2. The molecule has 2 aromatic rings. The first-order valence-electron chi connectivity index (χ1n) is 6.77. The second-order valence-corrected chi connectivity index (χ2v) is 5.90. The van der Waals surface area contributed by atoms with Crippen LogP contribution in [0.4, 0.5) is 4.79 Å². The Bertz CT molecular complexity index is 542. The van der Waals surface area contributed by atoms with E-state index in [1.54, 1.807) is 23.7 Å². The van der Waals surface area contributed by atoms with Gasteiger partial charge in [0.1, 0.15) is 0 Å². The van der Waals surface area contributed by atoms with Crippen molar-refractivity contribution in [1.82, 2.24) is 20.5 Å². The van der Waals surface area contributed by atoms with Gasteiger partial charge in [0.05, 0.1) is 6.04 Å². The zero-order valence-corrected chi connectivity index (χ0v) is 13.1. The minimum absolute atomic E-state index is 0.165. The second kappa shape index (κ2) is 7.75. The fourth-order valence-electron chi connectivity index (χ4n) is 1.96. The highest BCUT2D eigenvalue weighted by atomic mass is 32.1. The summed E-state index contributed by atoms with van der Waals surface area (Å²) in [6, 6.07) is 7.93. The molecule has 0 unspecified atom stereocenters. The van der Waals surface area contributed by atoms with Crippen molar-refractivity contribution in [3.8, 4) is 0 Å². The maximum absolute atomic E-state index is 11.9. The van der Waals surface area contributed by atoms with Gasteiger partial charge in [-0.2, -0.15) is 0 Å². The Kier molecular flexibility index (Phi) is 5.71. The summed E-state index contributed by atoms with van der Waals surface area (Å²) < 4.78 is 0. The molecule has 0 aliphatic rings. The smallest absolute Gasteiger partial charge is 0.315 e. The SMILES string of the molecule is CN(C)[C@@H](CNC(=O)NCc1cccnc1)c1cccs1. The average Bonchev–Trinajstić information content (AvgIpc) is 3.00. The number of urea groups is 1. The fourth-order valence-corrected chi connectivity index (χ4v) is 2.88. The van der Waals surface area contributed by atoms with Crippen LogP contribution in [0.1, 0.15) is 16.5 Å². The lowest BCUT2D eigenvalue weighted by Gasteiger charge is -2.23. The summed E-state index contributed by atoms with van der Waals surface area (Å²) in [7, 11) is 4.03. The van der Waals surface area contributed by atoms with Gasteiger partial charge >= 0.3 is 6.03 Å². The number of amides is 2. The Morgan fingerprint density at radius 2 is 2.19 bits per heavy atom. The van der Waals surface area contributed by atoms with Crippen molar-refractivity contribution in [2.45, 2.75) is 12.6 Å². The molecule has 2 rings (SSSR count). The van der Waals surface area contributed by atoms with Crippen LogP contribution in [0.3, 0.4) is 0 Å². The van der Waals surface area contributed by atoms with Crippen LogP contribution < -0.4 is 10.6 Å². The van der Waals surface area contributed by atoms with Gasteiger partial charge in [-0.3, -0.25) is 4.98 Å². The molecule has 0 aliphatic heterocycles. The molecule has 112 valence electrons. The molecular weight excluding hydrogens is 284 g/mol. The Morgan fingerprint density at radius 1 is 1.33 bits per heavy atom. The van der Waals surface area contributed by atoms with Gasteiger partial charge < -0.3 is 15.5 Å². The van der Waals surface area contributed by atoms with Crippen LogP contribution in [0.25, 0.3) is 0 Å². The van der Waals surface area contributed by atoms with E-state index in [9.17, 15) is 4.79 Å². The number of pyridine rings is 1. The zero-order chi connectivity index (χ0) is 15.1. The predicted octanol–water partition coefficient (Wildman–Crippen LogP) is 2.25. The minimum atomic E-state index is -0.165. The lowest BCUT2D eigenvalue weighted by molar-refractivity contribution is 0.233. The first kappa shape index (κ1) is 15.5. The molecule has 0 bridgehead atoms. The minimum Gasteiger partial charge on any atom is -0.336 e. The molecule has 21 heavy (non-hydrogen) atoms. The number of nitrogens with one attached hydrogen (secondary N) is 2. The van der Waals surface area contributed by atoms with Crippen molar-refractivity contribution < 1.29 is 4.79 Å². The topological polar surface area (TPSA) is 57.3 Å². The first-order valence-corrected chi connectivity index (χ1v) is 7.65. The Balaban J connectivity index is 1.80. The normalized spacial score (nSPS) is 12.1. The third-order valence-electron chi connectivity index (χ3n) is 3.13. The number of hydrogen-bond donors (Lipinski definition) is 2. The molecule has 0 aromatic carbocycles. The lowest BCUT2D eigenvalue weighted by atomic mass is 10.2. The van der Waals surface area contributed by atoms with E-state index in [4.69, 9.17) is 0 Å². The number of hydrogen-bond acceptors (Lipinski definition) is 4. The van der Waals surface area contributed by atoms with Gasteiger partial charge in [0, 0.05) is 30.4 Å². The summed E-state index contributed by atoms with van der Waals surface area (Å²) in [5, 5.41) is 7.80. The van der Waals surface area contributed by atoms with Crippen molar-refractivity contribution in [3.63, 3.8) is 0 Å². The molecule has 0 aliphatic carbocycles. The van der Waals surface area contributed by atoms with Crippen LogP contribution in [0, 0.1) is 0 Å². The predicted molar refractivity (Wildman–Crippen MR) is 85.2 cm³/mol. The monoisotopic (exact) mass is 304 g/mol. The molecule has 6 heteroatoms. The molecule has 2 aromatic heterocycles. The molecule has 2 N–H and O–H groups in total.